The minimum Gasteiger partial charge on any atom is -0.444 e. The zero-order valence-corrected chi connectivity index (χ0v) is 15.8. The zero-order valence-electron chi connectivity index (χ0n) is 15.8. The molecule has 2 aromatic rings. The maximum absolute atomic E-state index is 11.9. The molecule has 0 aliphatic heterocycles. The Morgan fingerprint density at radius 3 is 2.52 bits per heavy atom. The lowest BCUT2D eigenvalue weighted by Crippen LogP contribution is -2.27. The fraction of sp³-hybridized carbons (Fsp3) is 0.588. The van der Waals surface area contributed by atoms with Gasteiger partial charge < -0.3 is 10.1 Å². The van der Waals surface area contributed by atoms with E-state index < -0.39 is 11.7 Å². The summed E-state index contributed by atoms with van der Waals surface area (Å²) in [6.45, 7) is 13.0. The van der Waals surface area contributed by atoms with Crippen LogP contribution in [0.2, 0.25) is 0 Å². The molecule has 3 N–H and O–H groups in total. The van der Waals surface area contributed by atoms with Crippen molar-refractivity contribution in [1.82, 2.24) is 25.3 Å². The number of hydrogen-bond donors (Lipinski definition) is 3. The Morgan fingerprint density at radius 2 is 1.92 bits per heavy atom. The van der Waals surface area contributed by atoms with Gasteiger partial charge in [-0.05, 0) is 41.5 Å². The first-order valence-corrected chi connectivity index (χ1v) is 8.31. The van der Waals surface area contributed by atoms with E-state index in [2.05, 4.69) is 46.7 Å². The van der Waals surface area contributed by atoms with E-state index in [9.17, 15) is 4.79 Å². The van der Waals surface area contributed by atoms with Gasteiger partial charge in [0.2, 0.25) is 0 Å². The number of amides is 1. The summed E-state index contributed by atoms with van der Waals surface area (Å²) in [6, 6.07) is 0. The third-order valence-electron chi connectivity index (χ3n) is 3.31. The Balaban J connectivity index is 1.87. The van der Waals surface area contributed by atoms with Crippen molar-refractivity contribution < 1.29 is 9.53 Å². The van der Waals surface area contributed by atoms with Crippen molar-refractivity contribution in [1.29, 1.82) is 0 Å². The number of carbonyl (C=O) groups is 1. The van der Waals surface area contributed by atoms with E-state index in [1.165, 1.54) is 0 Å². The Kier molecular flexibility index (Phi) is 5.52. The van der Waals surface area contributed by atoms with Crippen molar-refractivity contribution in [3.05, 3.63) is 29.7 Å². The third kappa shape index (κ3) is 5.90. The van der Waals surface area contributed by atoms with Gasteiger partial charge in [-0.15, -0.1) is 0 Å². The second-order valence-corrected chi connectivity index (χ2v) is 7.96. The molecule has 0 saturated carbocycles. The van der Waals surface area contributed by atoms with Gasteiger partial charge in [-0.3, -0.25) is 15.1 Å². The molecule has 0 atom stereocenters. The van der Waals surface area contributed by atoms with Crippen LogP contribution in [0.1, 0.15) is 52.7 Å². The Bertz CT molecular complexity index is 705. The van der Waals surface area contributed by atoms with E-state index in [0.717, 1.165) is 11.1 Å². The van der Waals surface area contributed by atoms with Crippen molar-refractivity contribution in [3.63, 3.8) is 0 Å². The number of anilines is 1. The molecule has 0 radical (unpaired) electrons. The number of H-pyrrole nitrogens is 1. The number of ether oxygens (including phenoxy) is 1. The quantitative estimate of drug-likeness (QED) is 0.772. The first-order valence-electron chi connectivity index (χ1n) is 8.31. The van der Waals surface area contributed by atoms with Crippen molar-refractivity contribution in [3.8, 4) is 0 Å². The molecule has 8 heteroatoms. The van der Waals surface area contributed by atoms with Gasteiger partial charge in [0.1, 0.15) is 11.4 Å². The molecule has 0 aliphatic carbocycles. The monoisotopic (exact) mass is 348 g/mol. The highest BCUT2D eigenvalue weighted by molar-refractivity contribution is 5.84. The molecule has 2 rings (SSSR count). The Hall–Kier alpha value is -2.35. The summed E-state index contributed by atoms with van der Waals surface area (Å²) in [5.74, 6) is 0.534. The highest BCUT2D eigenvalue weighted by Crippen LogP contribution is 2.15. The van der Waals surface area contributed by atoms with Crippen LogP contribution in [0.15, 0.2) is 18.6 Å². The molecule has 0 aromatic carbocycles. The number of nitrogens with one attached hydrogen (secondary N) is 3. The Labute approximate surface area is 148 Å². The van der Waals surface area contributed by atoms with Crippen LogP contribution in [0.4, 0.5) is 10.6 Å². The van der Waals surface area contributed by atoms with Crippen LogP contribution in [0, 0.1) is 0 Å². The van der Waals surface area contributed by atoms with Crippen LogP contribution in [0.25, 0.3) is 0 Å². The maximum atomic E-state index is 11.9. The van der Waals surface area contributed by atoms with Crippen molar-refractivity contribution in [2.75, 3.05) is 5.32 Å². The number of aromatic nitrogens is 4. The predicted molar refractivity (Wildman–Crippen MR) is 96.2 cm³/mol. The minimum absolute atomic E-state index is 0.0344. The van der Waals surface area contributed by atoms with Gasteiger partial charge in [-0.1, -0.05) is 0 Å². The molecular formula is C17H28N6O2. The van der Waals surface area contributed by atoms with E-state index in [1.807, 2.05) is 37.8 Å². The van der Waals surface area contributed by atoms with E-state index in [1.54, 1.807) is 6.20 Å². The molecule has 0 bridgehead atoms. The number of carbonyl (C=O) groups excluding carboxylic acids is 1. The molecule has 138 valence electrons. The molecule has 0 spiro atoms. The highest BCUT2D eigenvalue weighted by Gasteiger charge is 2.18. The maximum Gasteiger partial charge on any atom is 0.413 e. The summed E-state index contributed by atoms with van der Waals surface area (Å²) in [5.41, 5.74) is 1.37. The van der Waals surface area contributed by atoms with E-state index in [-0.39, 0.29) is 5.54 Å². The van der Waals surface area contributed by atoms with Gasteiger partial charge in [0.25, 0.3) is 0 Å². The molecule has 1 amide bonds. The van der Waals surface area contributed by atoms with Crippen molar-refractivity contribution in [2.24, 2.45) is 0 Å². The van der Waals surface area contributed by atoms with Gasteiger partial charge in [-0.25, -0.2) is 4.79 Å². The number of rotatable bonds is 5. The standard InChI is InChI=1S/C17H28N6O2/c1-16(2,3)23-11-12(8-20-23)7-18-9-13-10-19-22-14(13)21-15(24)25-17(4,5)6/h8,10-11,18H,7,9H2,1-6H3,(H2,19,21,22,24). The van der Waals surface area contributed by atoms with Crippen LogP contribution in [0.5, 0.6) is 0 Å². The SMILES string of the molecule is CC(C)(C)OC(=O)Nc1[nH]ncc1CNCc1cnn(C(C)(C)C)c1. The fourth-order valence-corrected chi connectivity index (χ4v) is 2.12. The number of aromatic amines is 1. The van der Waals surface area contributed by atoms with E-state index >= 15 is 0 Å². The molecule has 25 heavy (non-hydrogen) atoms. The van der Waals surface area contributed by atoms with Gasteiger partial charge >= 0.3 is 6.09 Å². The predicted octanol–water partition coefficient (Wildman–Crippen LogP) is 3.00. The van der Waals surface area contributed by atoms with Gasteiger partial charge in [0.05, 0.1) is 17.9 Å². The number of hydrogen-bond acceptors (Lipinski definition) is 5. The second kappa shape index (κ2) is 7.26. The smallest absolute Gasteiger partial charge is 0.413 e. The summed E-state index contributed by atoms with van der Waals surface area (Å²) in [4.78, 5) is 11.9. The summed E-state index contributed by atoms with van der Waals surface area (Å²) in [5, 5.41) is 17.1. The summed E-state index contributed by atoms with van der Waals surface area (Å²) in [7, 11) is 0. The van der Waals surface area contributed by atoms with Crippen LogP contribution >= 0.6 is 0 Å². The molecule has 0 fully saturated rings. The lowest BCUT2D eigenvalue weighted by Gasteiger charge is -2.19. The molecule has 8 nitrogen and oxygen atoms in total. The topological polar surface area (TPSA) is 96.9 Å². The first kappa shape index (κ1) is 19.0. The lowest BCUT2D eigenvalue weighted by molar-refractivity contribution is 0.0635. The average molecular weight is 348 g/mol. The summed E-state index contributed by atoms with van der Waals surface area (Å²) < 4.78 is 7.19. The Morgan fingerprint density at radius 1 is 1.20 bits per heavy atom. The molecule has 0 unspecified atom stereocenters. The van der Waals surface area contributed by atoms with Gasteiger partial charge in [0, 0.05) is 30.4 Å². The van der Waals surface area contributed by atoms with Crippen LogP contribution in [-0.4, -0.2) is 31.7 Å². The molecule has 0 saturated heterocycles. The van der Waals surface area contributed by atoms with Crippen LogP contribution in [0.3, 0.4) is 0 Å². The summed E-state index contributed by atoms with van der Waals surface area (Å²) in [6.07, 6.45) is 5.05. The first-order chi connectivity index (χ1) is 11.5. The highest BCUT2D eigenvalue weighted by atomic mass is 16.6. The average Bonchev–Trinajstić information content (AvgIpc) is 3.06. The van der Waals surface area contributed by atoms with Crippen LogP contribution in [-0.2, 0) is 23.4 Å². The zero-order chi connectivity index (χ0) is 18.7. The van der Waals surface area contributed by atoms with Crippen LogP contribution < -0.4 is 10.6 Å². The molecular weight excluding hydrogens is 320 g/mol. The van der Waals surface area contributed by atoms with Crippen molar-refractivity contribution >= 4 is 11.9 Å². The third-order valence-corrected chi connectivity index (χ3v) is 3.31. The normalized spacial score (nSPS) is 12.2. The fourth-order valence-electron chi connectivity index (χ4n) is 2.12. The second-order valence-electron chi connectivity index (χ2n) is 7.96. The van der Waals surface area contributed by atoms with Crippen molar-refractivity contribution in [2.45, 2.75) is 65.8 Å². The van der Waals surface area contributed by atoms with E-state index in [0.29, 0.717) is 18.9 Å². The molecule has 2 aromatic heterocycles. The molecule has 0 aliphatic rings. The van der Waals surface area contributed by atoms with Gasteiger partial charge in [0.15, 0.2) is 0 Å². The minimum atomic E-state index is -0.546. The summed E-state index contributed by atoms with van der Waals surface area (Å²) >= 11 is 0. The van der Waals surface area contributed by atoms with Gasteiger partial charge in [-0.2, -0.15) is 10.2 Å². The lowest BCUT2D eigenvalue weighted by atomic mass is 10.1. The largest absolute Gasteiger partial charge is 0.444 e. The number of nitrogens with zero attached hydrogens (tertiary/aromatic N) is 3. The molecule has 2 heterocycles. The van der Waals surface area contributed by atoms with E-state index in [4.69, 9.17) is 4.74 Å².